The van der Waals surface area contributed by atoms with Crippen LogP contribution in [0.2, 0.25) is 0 Å². The van der Waals surface area contributed by atoms with Crippen LogP contribution >= 0.6 is 0 Å². The normalized spacial score (nSPS) is 19.6. The molecule has 0 aromatic carbocycles. The molecule has 2 aromatic heterocycles. The summed E-state index contributed by atoms with van der Waals surface area (Å²) in [6.45, 7) is 6.96. The zero-order valence-corrected chi connectivity index (χ0v) is 13.5. The number of pyridine rings is 1. The maximum absolute atomic E-state index is 4.34. The first-order chi connectivity index (χ1) is 10.1. The first kappa shape index (κ1) is 14.5. The molecule has 4 heteroatoms. The van der Waals surface area contributed by atoms with Crippen LogP contribution in [0.25, 0.3) is 5.65 Å². The molecule has 1 aliphatic carbocycles. The Morgan fingerprint density at radius 1 is 1.10 bits per heavy atom. The van der Waals surface area contributed by atoms with Crippen molar-refractivity contribution >= 4 is 5.65 Å². The highest BCUT2D eigenvalue weighted by Crippen LogP contribution is 2.42. The Morgan fingerprint density at radius 2 is 1.76 bits per heavy atom. The second-order valence-corrected chi connectivity index (χ2v) is 7.08. The van der Waals surface area contributed by atoms with Gasteiger partial charge in [0.25, 0.3) is 0 Å². The van der Waals surface area contributed by atoms with Crippen LogP contribution in [-0.4, -0.2) is 20.0 Å². The van der Waals surface area contributed by atoms with Crippen molar-refractivity contribution < 1.29 is 0 Å². The number of tetrazole rings is 1. The van der Waals surface area contributed by atoms with Gasteiger partial charge in [-0.3, -0.25) is 0 Å². The molecular weight excluding hydrogens is 260 g/mol. The molecule has 0 bridgehead atoms. The smallest absolute Gasteiger partial charge is 0.183 e. The molecule has 0 aliphatic heterocycles. The van der Waals surface area contributed by atoms with Gasteiger partial charge in [0.2, 0.25) is 0 Å². The van der Waals surface area contributed by atoms with E-state index in [4.69, 9.17) is 0 Å². The van der Waals surface area contributed by atoms with Crippen LogP contribution in [0.15, 0.2) is 12.3 Å². The van der Waals surface area contributed by atoms with Crippen molar-refractivity contribution in [2.45, 2.75) is 77.0 Å². The van der Waals surface area contributed by atoms with E-state index in [9.17, 15) is 0 Å². The largest absolute Gasteiger partial charge is 0.200 e. The van der Waals surface area contributed by atoms with Gasteiger partial charge in [-0.25, -0.2) is 4.52 Å². The highest BCUT2D eigenvalue weighted by atomic mass is 15.5. The van der Waals surface area contributed by atoms with E-state index in [2.05, 4.69) is 42.4 Å². The number of fused-ring (bicyclic) bond motifs is 1. The molecule has 114 valence electrons. The van der Waals surface area contributed by atoms with Crippen molar-refractivity contribution in [2.24, 2.45) is 0 Å². The Hall–Kier alpha value is -1.45. The molecule has 1 saturated carbocycles. The predicted octanol–water partition coefficient (Wildman–Crippen LogP) is 4.25. The van der Waals surface area contributed by atoms with Gasteiger partial charge in [-0.2, -0.15) is 0 Å². The van der Waals surface area contributed by atoms with Gasteiger partial charge in [-0.05, 0) is 46.2 Å². The van der Waals surface area contributed by atoms with Gasteiger partial charge in [0, 0.05) is 11.8 Å². The number of hydrogen-bond donors (Lipinski definition) is 0. The monoisotopic (exact) mass is 286 g/mol. The highest BCUT2D eigenvalue weighted by Gasteiger charge is 2.33. The average Bonchev–Trinajstić information content (AvgIpc) is 2.90. The first-order valence-corrected chi connectivity index (χ1v) is 8.33. The van der Waals surface area contributed by atoms with Crippen molar-refractivity contribution in [3.8, 4) is 0 Å². The zero-order chi connectivity index (χ0) is 14.9. The van der Waals surface area contributed by atoms with Crippen molar-refractivity contribution in [1.82, 2.24) is 20.0 Å². The molecule has 0 N–H and O–H groups in total. The van der Waals surface area contributed by atoms with Crippen LogP contribution in [0, 0.1) is 0 Å². The quantitative estimate of drug-likeness (QED) is 0.829. The van der Waals surface area contributed by atoms with E-state index in [1.165, 1.54) is 56.1 Å². The fourth-order valence-corrected chi connectivity index (χ4v) is 3.86. The minimum Gasteiger partial charge on any atom is -0.200 e. The molecule has 3 rings (SSSR count). The lowest BCUT2D eigenvalue weighted by Crippen LogP contribution is -2.26. The molecule has 2 aromatic rings. The van der Waals surface area contributed by atoms with Gasteiger partial charge in [-0.1, -0.05) is 52.9 Å². The molecule has 0 spiro atoms. The SMILES string of the molecule is CC(C)c1ccn2nnnc2c1C1(C)CCCCCCC1. The van der Waals surface area contributed by atoms with E-state index in [0.717, 1.165) is 5.65 Å². The second kappa shape index (κ2) is 5.74. The lowest BCUT2D eigenvalue weighted by molar-refractivity contribution is 0.339. The molecule has 2 heterocycles. The molecule has 1 fully saturated rings. The summed E-state index contributed by atoms with van der Waals surface area (Å²) in [6, 6.07) is 2.22. The van der Waals surface area contributed by atoms with Crippen molar-refractivity contribution in [3.63, 3.8) is 0 Å². The minimum absolute atomic E-state index is 0.206. The van der Waals surface area contributed by atoms with E-state index in [0.29, 0.717) is 5.92 Å². The van der Waals surface area contributed by atoms with Crippen LogP contribution in [0.3, 0.4) is 0 Å². The summed E-state index contributed by atoms with van der Waals surface area (Å²) in [6.07, 6.45) is 11.2. The fourth-order valence-electron chi connectivity index (χ4n) is 3.86. The highest BCUT2D eigenvalue weighted by molar-refractivity contribution is 5.55. The molecular formula is C17H26N4. The van der Waals surface area contributed by atoms with Gasteiger partial charge in [0.1, 0.15) is 0 Å². The van der Waals surface area contributed by atoms with Crippen molar-refractivity contribution in [1.29, 1.82) is 0 Å². The Bertz CT molecular complexity index is 606. The average molecular weight is 286 g/mol. The minimum atomic E-state index is 0.206. The topological polar surface area (TPSA) is 43.1 Å². The van der Waals surface area contributed by atoms with Gasteiger partial charge >= 0.3 is 0 Å². The van der Waals surface area contributed by atoms with Gasteiger partial charge in [0.05, 0.1) is 0 Å². The van der Waals surface area contributed by atoms with E-state index in [-0.39, 0.29) is 5.41 Å². The van der Waals surface area contributed by atoms with E-state index >= 15 is 0 Å². The summed E-state index contributed by atoms with van der Waals surface area (Å²) in [4.78, 5) is 0. The van der Waals surface area contributed by atoms with Crippen LogP contribution < -0.4 is 0 Å². The lowest BCUT2D eigenvalue weighted by Gasteiger charge is -2.34. The van der Waals surface area contributed by atoms with E-state index in [1.807, 2.05) is 10.7 Å². The summed E-state index contributed by atoms with van der Waals surface area (Å²) in [5, 5.41) is 12.3. The van der Waals surface area contributed by atoms with Crippen LogP contribution in [0.5, 0.6) is 0 Å². The van der Waals surface area contributed by atoms with Crippen LogP contribution in [-0.2, 0) is 5.41 Å². The number of nitrogens with zero attached hydrogens (tertiary/aromatic N) is 4. The van der Waals surface area contributed by atoms with E-state index in [1.54, 1.807) is 0 Å². The van der Waals surface area contributed by atoms with Crippen LogP contribution in [0.1, 0.15) is 82.8 Å². The number of hydrogen-bond acceptors (Lipinski definition) is 3. The maximum Gasteiger partial charge on any atom is 0.183 e. The summed E-state index contributed by atoms with van der Waals surface area (Å²) in [7, 11) is 0. The first-order valence-electron chi connectivity index (χ1n) is 8.33. The Kier molecular flexibility index (Phi) is 3.96. The zero-order valence-electron chi connectivity index (χ0n) is 13.5. The van der Waals surface area contributed by atoms with Crippen molar-refractivity contribution in [3.05, 3.63) is 23.4 Å². The molecule has 4 nitrogen and oxygen atoms in total. The third kappa shape index (κ3) is 2.68. The van der Waals surface area contributed by atoms with Gasteiger partial charge in [-0.15, -0.1) is 5.10 Å². The molecule has 0 unspecified atom stereocenters. The van der Waals surface area contributed by atoms with Gasteiger partial charge in [0.15, 0.2) is 5.65 Å². The van der Waals surface area contributed by atoms with Gasteiger partial charge < -0.3 is 0 Å². The van der Waals surface area contributed by atoms with Crippen LogP contribution in [0.4, 0.5) is 0 Å². The standard InChI is InChI=1S/C17H26N4/c1-13(2)14-9-12-21-16(18-19-20-21)15(14)17(3)10-7-5-4-6-8-11-17/h9,12-13H,4-8,10-11H2,1-3H3. The molecule has 21 heavy (non-hydrogen) atoms. The predicted molar refractivity (Wildman–Crippen MR) is 84.5 cm³/mol. The molecule has 0 saturated heterocycles. The Balaban J connectivity index is 2.15. The lowest BCUT2D eigenvalue weighted by atomic mass is 9.70. The molecule has 0 atom stereocenters. The summed E-state index contributed by atoms with van der Waals surface area (Å²) in [5.41, 5.74) is 3.98. The Morgan fingerprint density at radius 3 is 2.43 bits per heavy atom. The number of aromatic nitrogens is 4. The van der Waals surface area contributed by atoms with Crippen molar-refractivity contribution in [2.75, 3.05) is 0 Å². The summed E-state index contributed by atoms with van der Waals surface area (Å²) < 4.78 is 1.84. The second-order valence-electron chi connectivity index (χ2n) is 7.08. The molecule has 0 amide bonds. The van der Waals surface area contributed by atoms with E-state index < -0.39 is 0 Å². The summed E-state index contributed by atoms with van der Waals surface area (Å²) in [5.74, 6) is 0.504. The third-order valence-corrected chi connectivity index (χ3v) is 5.08. The molecule has 1 aliphatic rings. The fraction of sp³-hybridized carbons (Fsp3) is 0.706. The Labute approximate surface area is 126 Å². The summed E-state index contributed by atoms with van der Waals surface area (Å²) >= 11 is 0. The number of rotatable bonds is 2. The third-order valence-electron chi connectivity index (χ3n) is 5.08. The molecule has 0 radical (unpaired) electrons. The maximum atomic E-state index is 4.34.